The average molecular weight is 232 g/mol. The second-order valence-electron chi connectivity index (χ2n) is 5.42. The average Bonchev–Trinajstić information content (AvgIpc) is 3.15. The van der Waals surface area contributed by atoms with Gasteiger partial charge in [0, 0.05) is 24.8 Å². The Hall–Kier alpha value is -1.02. The van der Waals surface area contributed by atoms with E-state index in [0.717, 1.165) is 24.2 Å². The lowest BCUT2D eigenvalue weighted by atomic mass is 10.1. The first kappa shape index (κ1) is 12.4. The van der Waals surface area contributed by atoms with E-state index in [1.165, 1.54) is 31.4 Å². The van der Waals surface area contributed by atoms with Gasteiger partial charge in [-0.3, -0.25) is 4.90 Å². The molecule has 0 aromatic heterocycles. The molecule has 17 heavy (non-hydrogen) atoms. The maximum Gasteiger partial charge on any atom is 0.0314 e. The molecule has 1 unspecified atom stereocenters. The van der Waals surface area contributed by atoms with Crippen molar-refractivity contribution in [3.8, 4) is 0 Å². The van der Waals surface area contributed by atoms with Gasteiger partial charge in [0.05, 0.1) is 0 Å². The molecular weight excluding hydrogens is 208 g/mol. The monoisotopic (exact) mass is 232 g/mol. The summed E-state index contributed by atoms with van der Waals surface area (Å²) in [6, 6.07) is 9.15. The van der Waals surface area contributed by atoms with Crippen LogP contribution in [0.5, 0.6) is 0 Å². The molecule has 0 aliphatic heterocycles. The largest absolute Gasteiger partial charge is 0.399 e. The van der Waals surface area contributed by atoms with Gasteiger partial charge in [-0.15, -0.1) is 0 Å². The smallest absolute Gasteiger partial charge is 0.0314 e. The predicted molar refractivity (Wildman–Crippen MR) is 73.7 cm³/mol. The van der Waals surface area contributed by atoms with Gasteiger partial charge >= 0.3 is 0 Å². The van der Waals surface area contributed by atoms with Crippen LogP contribution in [0.2, 0.25) is 0 Å². The summed E-state index contributed by atoms with van der Waals surface area (Å²) in [5.74, 6) is 0.796. The molecular formula is C15H24N2. The van der Waals surface area contributed by atoms with Gasteiger partial charge in [-0.05, 0) is 36.5 Å². The third kappa shape index (κ3) is 3.74. The van der Waals surface area contributed by atoms with Gasteiger partial charge in [0.1, 0.15) is 0 Å². The summed E-state index contributed by atoms with van der Waals surface area (Å²) in [5, 5.41) is 0. The lowest BCUT2D eigenvalue weighted by molar-refractivity contribution is 0.217. The molecule has 0 heterocycles. The highest BCUT2D eigenvalue weighted by atomic mass is 15.2. The zero-order valence-electron chi connectivity index (χ0n) is 11.0. The Bertz CT molecular complexity index is 340. The van der Waals surface area contributed by atoms with Crippen molar-refractivity contribution in [3.05, 3.63) is 29.8 Å². The van der Waals surface area contributed by atoms with E-state index in [1.54, 1.807) is 0 Å². The predicted octanol–water partition coefficient (Wildman–Crippen LogP) is 3.28. The van der Waals surface area contributed by atoms with Crippen molar-refractivity contribution < 1.29 is 0 Å². The lowest BCUT2D eigenvalue weighted by Gasteiger charge is -2.25. The highest BCUT2D eigenvalue weighted by Gasteiger charge is 2.29. The number of hydrogen-bond acceptors (Lipinski definition) is 2. The molecule has 2 N–H and O–H groups in total. The maximum absolute atomic E-state index is 5.72. The van der Waals surface area contributed by atoms with Gasteiger partial charge in [0.2, 0.25) is 0 Å². The SMILES string of the molecule is CCC(C)CN(Cc1ccc(N)cc1)C1CC1. The molecule has 1 aliphatic carbocycles. The van der Waals surface area contributed by atoms with Crippen molar-refractivity contribution in [2.75, 3.05) is 12.3 Å². The van der Waals surface area contributed by atoms with Crippen molar-refractivity contribution in [2.24, 2.45) is 5.92 Å². The minimum Gasteiger partial charge on any atom is -0.399 e. The van der Waals surface area contributed by atoms with Crippen LogP contribution in [0.15, 0.2) is 24.3 Å². The standard InChI is InChI=1S/C15H24N2/c1-3-12(2)10-17(15-8-9-15)11-13-4-6-14(16)7-5-13/h4-7,12,15H,3,8-11,16H2,1-2H3. The van der Waals surface area contributed by atoms with Gasteiger partial charge in [0.25, 0.3) is 0 Å². The Morgan fingerprint density at radius 3 is 2.47 bits per heavy atom. The minimum atomic E-state index is 0.796. The van der Waals surface area contributed by atoms with Crippen LogP contribution in [0, 0.1) is 5.92 Å². The van der Waals surface area contributed by atoms with E-state index in [4.69, 9.17) is 5.73 Å². The fraction of sp³-hybridized carbons (Fsp3) is 0.600. The summed E-state index contributed by atoms with van der Waals surface area (Å²) in [5.41, 5.74) is 7.96. The number of hydrogen-bond donors (Lipinski definition) is 1. The molecule has 2 nitrogen and oxygen atoms in total. The van der Waals surface area contributed by atoms with E-state index in [2.05, 4.69) is 30.9 Å². The van der Waals surface area contributed by atoms with Crippen molar-refractivity contribution in [3.63, 3.8) is 0 Å². The fourth-order valence-corrected chi connectivity index (χ4v) is 2.17. The number of nitrogens with zero attached hydrogens (tertiary/aromatic N) is 1. The number of rotatable bonds is 6. The zero-order valence-corrected chi connectivity index (χ0v) is 11.0. The van der Waals surface area contributed by atoms with E-state index in [9.17, 15) is 0 Å². The first-order valence-corrected chi connectivity index (χ1v) is 6.77. The zero-order chi connectivity index (χ0) is 12.3. The van der Waals surface area contributed by atoms with Crippen LogP contribution in [0.25, 0.3) is 0 Å². The van der Waals surface area contributed by atoms with Crippen molar-refractivity contribution in [1.82, 2.24) is 4.90 Å². The Labute approximate surface area is 105 Å². The van der Waals surface area contributed by atoms with Gasteiger partial charge in [-0.25, -0.2) is 0 Å². The van der Waals surface area contributed by atoms with Crippen LogP contribution < -0.4 is 5.73 Å². The summed E-state index contributed by atoms with van der Waals surface area (Å²) in [6.45, 7) is 6.93. The highest BCUT2D eigenvalue weighted by Crippen LogP contribution is 2.29. The highest BCUT2D eigenvalue weighted by molar-refractivity contribution is 5.39. The molecule has 0 spiro atoms. The molecule has 1 atom stereocenters. The molecule has 94 valence electrons. The van der Waals surface area contributed by atoms with Crippen LogP contribution >= 0.6 is 0 Å². The van der Waals surface area contributed by atoms with Crippen LogP contribution in [0.4, 0.5) is 5.69 Å². The first-order valence-electron chi connectivity index (χ1n) is 6.77. The van der Waals surface area contributed by atoms with Gasteiger partial charge in [-0.2, -0.15) is 0 Å². The molecule has 1 aliphatic rings. The Balaban J connectivity index is 1.95. The summed E-state index contributed by atoms with van der Waals surface area (Å²) in [4.78, 5) is 2.64. The molecule has 2 heteroatoms. The Morgan fingerprint density at radius 1 is 1.29 bits per heavy atom. The van der Waals surface area contributed by atoms with E-state index in [-0.39, 0.29) is 0 Å². The third-order valence-electron chi connectivity index (χ3n) is 3.67. The quantitative estimate of drug-likeness (QED) is 0.763. The maximum atomic E-state index is 5.72. The van der Waals surface area contributed by atoms with Crippen molar-refractivity contribution >= 4 is 5.69 Å². The minimum absolute atomic E-state index is 0.796. The van der Waals surface area contributed by atoms with E-state index in [1.807, 2.05) is 12.1 Å². The topological polar surface area (TPSA) is 29.3 Å². The summed E-state index contributed by atoms with van der Waals surface area (Å²) in [6.07, 6.45) is 4.03. The molecule has 1 aromatic rings. The molecule has 1 saturated carbocycles. The van der Waals surface area contributed by atoms with E-state index in [0.29, 0.717) is 0 Å². The van der Waals surface area contributed by atoms with Crippen molar-refractivity contribution in [2.45, 2.75) is 45.7 Å². The van der Waals surface area contributed by atoms with Gasteiger partial charge in [0.15, 0.2) is 0 Å². The number of nitrogen functional groups attached to an aromatic ring is 1. The fourth-order valence-electron chi connectivity index (χ4n) is 2.17. The summed E-state index contributed by atoms with van der Waals surface area (Å²) in [7, 11) is 0. The lowest BCUT2D eigenvalue weighted by Crippen LogP contribution is -2.30. The van der Waals surface area contributed by atoms with E-state index >= 15 is 0 Å². The molecule has 0 radical (unpaired) electrons. The van der Waals surface area contributed by atoms with Gasteiger partial charge < -0.3 is 5.73 Å². The molecule has 1 aromatic carbocycles. The normalized spacial score (nSPS) is 17.4. The first-order chi connectivity index (χ1) is 8.19. The third-order valence-corrected chi connectivity index (χ3v) is 3.67. The number of benzene rings is 1. The summed E-state index contributed by atoms with van der Waals surface area (Å²) < 4.78 is 0. The van der Waals surface area contributed by atoms with E-state index < -0.39 is 0 Å². The molecule has 0 amide bonds. The van der Waals surface area contributed by atoms with Crippen LogP contribution in [-0.2, 0) is 6.54 Å². The number of anilines is 1. The second-order valence-corrected chi connectivity index (χ2v) is 5.42. The Morgan fingerprint density at radius 2 is 1.94 bits per heavy atom. The molecule has 2 rings (SSSR count). The van der Waals surface area contributed by atoms with Gasteiger partial charge in [-0.1, -0.05) is 32.4 Å². The molecule has 1 fully saturated rings. The summed E-state index contributed by atoms with van der Waals surface area (Å²) >= 11 is 0. The van der Waals surface area contributed by atoms with Crippen LogP contribution in [0.1, 0.15) is 38.7 Å². The number of nitrogens with two attached hydrogens (primary N) is 1. The van der Waals surface area contributed by atoms with Crippen LogP contribution in [0.3, 0.4) is 0 Å². The second kappa shape index (κ2) is 5.54. The van der Waals surface area contributed by atoms with Crippen molar-refractivity contribution in [1.29, 1.82) is 0 Å². The molecule has 0 bridgehead atoms. The molecule has 0 saturated heterocycles. The van der Waals surface area contributed by atoms with Crippen LogP contribution in [-0.4, -0.2) is 17.5 Å². The Kier molecular flexibility index (Phi) is 4.06.